The largest absolute Gasteiger partial charge is 0.462 e. The van der Waals surface area contributed by atoms with Gasteiger partial charge >= 0.3 is 11.9 Å². The van der Waals surface area contributed by atoms with E-state index in [9.17, 15) is 19.8 Å². The molecule has 0 unspecified atom stereocenters. The van der Waals surface area contributed by atoms with Crippen LogP contribution in [-0.4, -0.2) is 60.3 Å². The minimum Gasteiger partial charge on any atom is -0.462 e. The highest BCUT2D eigenvalue weighted by Gasteiger charge is 2.29. The molecule has 27 heavy (non-hydrogen) atoms. The molecule has 1 rings (SSSR count). The van der Waals surface area contributed by atoms with E-state index in [-0.39, 0.29) is 44.2 Å². The van der Waals surface area contributed by atoms with Crippen LogP contribution in [0, 0.1) is 5.41 Å². The van der Waals surface area contributed by atoms with Gasteiger partial charge in [0, 0.05) is 6.61 Å². The monoisotopic (exact) mass is 382 g/mol. The second-order valence-electron chi connectivity index (χ2n) is 6.57. The molecular weight excluding hydrogens is 352 g/mol. The maximum absolute atomic E-state index is 12.4. The average Bonchev–Trinajstić information content (AvgIpc) is 2.71. The van der Waals surface area contributed by atoms with Gasteiger partial charge in [-0.2, -0.15) is 0 Å². The quantitative estimate of drug-likeness (QED) is 0.353. The van der Waals surface area contributed by atoms with Crippen molar-refractivity contribution >= 4 is 11.9 Å². The lowest BCUT2D eigenvalue weighted by Crippen LogP contribution is -2.35. The molecular formula is C20H30O7. The fourth-order valence-electron chi connectivity index (χ4n) is 2.41. The van der Waals surface area contributed by atoms with Gasteiger partial charge in [0.25, 0.3) is 0 Å². The number of unbranched alkanes of at least 4 members (excludes halogenated alkanes) is 3. The second-order valence-corrected chi connectivity index (χ2v) is 6.57. The molecule has 152 valence electrons. The summed E-state index contributed by atoms with van der Waals surface area (Å²) in [5, 5.41) is 27.6. The molecule has 0 bridgehead atoms. The van der Waals surface area contributed by atoms with E-state index in [2.05, 4.69) is 0 Å². The summed E-state index contributed by atoms with van der Waals surface area (Å²) in [6.07, 6.45) is 3.56. The summed E-state index contributed by atoms with van der Waals surface area (Å²) < 4.78 is 10.5. The van der Waals surface area contributed by atoms with E-state index in [1.165, 1.54) is 12.1 Å². The van der Waals surface area contributed by atoms with Crippen LogP contribution in [-0.2, 0) is 9.47 Å². The van der Waals surface area contributed by atoms with Gasteiger partial charge in [0.05, 0.1) is 36.4 Å². The Balaban J connectivity index is 2.66. The van der Waals surface area contributed by atoms with E-state index in [4.69, 9.17) is 14.6 Å². The Kier molecular flexibility index (Phi) is 10.6. The number of rotatable bonds is 13. The molecule has 3 N–H and O–H groups in total. The minimum atomic E-state index is -0.903. The van der Waals surface area contributed by atoms with E-state index in [0.717, 1.165) is 19.3 Å². The average molecular weight is 382 g/mol. The molecule has 0 amide bonds. The standard InChI is InChI=1S/C20H30O7/c1-2-20(13-22,14-23)15-27-19(25)17-10-6-5-9-16(17)18(24)26-12-8-4-3-7-11-21/h5-6,9-10,21-23H,2-4,7-8,11-15H2,1H3. The topological polar surface area (TPSA) is 113 Å². The number of benzene rings is 1. The van der Waals surface area contributed by atoms with Crippen LogP contribution in [0.5, 0.6) is 0 Å². The highest BCUT2D eigenvalue weighted by Crippen LogP contribution is 2.22. The molecule has 0 aliphatic carbocycles. The minimum absolute atomic E-state index is 0.0867. The van der Waals surface area contributed by atoms with Crippen molar-refractivity contribution in [1.29, 1.82) is 0 Å². The van der Waals surface area contributed by atoms with Gasteiger partial charge in [0.1, 0.15) is 6.61 Å². The zero-order chi connectivity index (χ0) is 20.1. The zero-order valence-electron chi connectivity index (χ0n) is 15.9. The van der Waals surface area contributed by atoms with E-state index < -0.39 is 17.4 Å². The highest BCUT2D eigenvalue weighted by molar-refractivity contribution is 6.03. The number of carbonyl (C=O) groups excluding carboxylic acids is 2. The number of aliphatic hydroxyl groups excluding tert-OH is 3. The molecule has 0 aliphatic rings. The van der Waals surface area contributed by atoms with Crippen LogP contribution < -0.4 is 0 Å². The van der Waals surface area contributed by atoms with Gasteiger partial charge in [0.2, 0.25) is 0 Å². The molecule has 0 aliphatic heterocycles. The van der Waals surface area contributed by atoms with Crippen molar-refractivity contribution in [2.24, 2.45) is 5.41 Å². The molecule has 0 aromatic heterocycles. The van der Waals surface area contributed by atoms with E-state index in [0.29, 0.717) is 12.8 Å². The fourth-order valence-corrected chi connectivity index (χ4v) is 2.41. The first-order valence-electron chi connectivity index (χ1n) is 9.29. The Bertz CT molecular complexity index is 573. The first-order valence-corrected chi connectivity index (χ1v) is 9.29. The van der Waals surface area contributed by atoms with Crippen LogP contribution >= 0.6 is 0 Å². The van der Waals surface area contributed by atoms with Crippen molar-refractivity contribution in [3.8, 4) is 0 Å². The third-order valence-electron chi connectivity index (χ3n) is 4.58. The molecule has 0 spiro atoms. The van der Waals surface area contributed by atoms with Crippen LogP contribution in [0.4, 0.5) is 0 Å². The summed E-state index contributed by atoms with van der Waals surface area (Å²) >= 11 is 0. The van der Waals surface area contributed by atoms with Crippen molar-refractivity contribution in [2.45, 2.75) is 39.0 Å². The normalized spacial score (nSPS) is 11.3. The summed E-state index contributed by atoms with van der Waals surface area (Å²) in [4.78, 5) is 24.7. The van der Waals surface area contributed by atoms with Crippen LogP contribution in [0.2, 0.25) is 0 Å². The maximum atomic E-state index is 12.4. The Morgan fingerprint density at radius 1 is 0.889 bits per heavy atom. The molecule has 0 radical (unpaired) electrons. The predicted molar refractivity (Wildman–Crippen MR) is 99.5 cm³/mol. The molecule has 0 heterocycles. The third kappa shape index (κ3) is 7.28. The van der Waals surface area contributed by atoms with Gasteiger partial charge in [0.15, 0.2) is 0 Å². The van der Waals surface area contributed by atoms with Crippen LogP contribution in [0.3, 0.4) is 0 Å². The van der Waals surface area contributed by atoms with Gasteiger partial charge in [-0.25, -0.2) is 9.59 Å². The Morgan fingerprint density at radius 2 is 1.44 bits per heavy atom. The van der Waals surface area contributed by atoms with Crippen LogP contribution in [0.15, 0.2) is 24.3 Å². The lowest BCUT2D eigenvalue weighted by molar-refractivity contribution is -0.0178. The number of esters is 2. The number of hydrogen-bond acceptors (Lipinski definition) is 7. The fraction of sp³-hybridized carbons (Fsp3) is 0.600. The molecule has 7 nitrogen and oxygen atoms in total. The summed E-state index contributed by atoms with van der Waals surface area (Å²) in [5.74, 6) is -1.30. The first kappa shape index (κ1) is 23.1. The lowest BCUT2D eigenvalue weighted by Gasteiger charge is -2.27. The maximum Gasteiger partial charge on any atom is 0.339 e. The summed E-state index contributed by atoms with van der Waals surface area (Å²) in [6.45, 7) is 1.40. The van der Waals surface area contributed by atoms with Crippen molar-refractivity contribution in [1.82, 2.24) is 0 Å². The van der Waals surface area contributed by atoms with Crippen molar-refractivity contribution in [3.63, 3.8) is 0 Å². The predicted octanol–water partition coefficient (Wildman–Crippen LogP) is 1.93. The molecule has 1 aromatic rings. The van der Waals surface area contributed by atoms with Crippen molar-refractivity contribution < 1.29 is 34.4 Å². The van der Waals surface area contributed by atoms with Gasteiger partial charge < -0.3 is 24.8 Å². The first-order chi connectivity index (χ1) is 13.0. The number of aliphatic hydroxyl groups is 3. The van der Waals surface area contributed by atoms with Crippen molar-refractivity contribution in [2.75, 3.05) is 33.0 Å². The summed E-state index contributed by atoms with van der Waals surface area (Å²) in [5.41, 5.74) is -0.698. The van der Waals surface area contributed by atoms with Gasteiger partial charge in [-0.3, -0.25) is 0 Å². The molecule has 0 saturated heterocycles. The van der Waals surface area contributed by atoms with E-state index in [1.807, 2.05) is 0 Å². The molecule has 1 aromatic carbocycles. The smallest absolute Gasteiger partial charge is 0.339 e. The van der Waals surface area contributed by atoms with Crippen LogP contribution in [0.25, 0.3) is 0 Å². The van der Waals surface area contributed by atoms with Gasteiger partial charge in [-0.15, -0.1) is 0 Å². The van der Waals surface area contributed by atoms with Gasteiger partial charge in [-0.1, -0.05) is 25.5 Å². The number of ether oxygens (including phenoxy) is 2. The van der Waals surface area contributed by atoms with Gasteiger partial charge in [-0.05, 0) is 37.8 Å². The SMILES string of the molecule is CCC(CO)(CO)COC(=O)c1ccccc1C(=O)OCCCCCCO. The summed E-state index contributed by atoms with van der Waals surface area (Å²) in [7, 11) is 0. The zero-order valence-corrected chi connectivity index (χ0v) is 15.9. The third-order valence-corrected chi connectivity index (χ3v) is 4.58. The van der Waals surface area contributed by atoms with E-state index >= 15 is 0 Å². The molecule has 0 saturated carbocycles. The summed E-state index contributed by atoms with van der Waals surface area (Å²) in [6, 6.07) is 6.22. The number of carbonyl (C=O) groups is 2. The highest BCUT2D eigenvalue weighted by atomic mass is 16.5. The molecule has 0 atom stereocenters. The molecule has 0 fully saturated rings. The Morgan fingerprint density at radius 3 is 1.96 bits per heavy atom. The lowest BCUT2D eigenvalue weighted by atomic mass is 9.88. The molecule has 7 heteroatoms. The van der Waals surface area contributed by atoms with Crippen molar-refractivity contribution in [3.05, 3.63) is 35.4 Å². The number of hydrogen-bond donors (Lipinski definition) is 3. The van der Waals surface area contributed by atoms with Crippen LogP contribution in [0.1, 0.15) is 59.7 Å². The Hall–Kier alpha value is -1.96. The van der Waals surface area contributed by atoms with E-state index in [1.54, 1.807) is 19.1 Å². The Labute approximate surface area is 159 Å². The second kappa shape index (κ2) is 12.4.